The van der Waals surface area contributed by atoms with Crippen molar-refractivity contribution in [1.29, 1.82) is 0 Å². The molecule has 1 fully saturated rings. The van der Waals surface area contributed by atoms with Gasteiger partial charge in [-0.1, -0.05) is 31.2 Å². The van der Waals surface area contributed by atoms with Crippen LogP contribution in [0.3, 0.4) is 0 Å². The number of nitrogens with zero attached hydrogens (tertiary/aromatic N) is 3. The van der Waals surface area contributed by atoms with Gasteiger partial charge in [0.2, 0.25) is 0 Å². The van der Waals surface area contributed by atoms with Crippen molar-refractivity contribution in [3.8, 4) is 0 Å². The quantitative estimate of drug-likeness (QED) is 0.632. The van der Waals surface area contributed by atoms with E-state index in [0.717, 1.165) is 19.0 Å². The highest BCUT2D eigenvalue weighted by atomic mass is 15.3. The van der Waals surface area contributed by atoms with Crippen LogP contribution in [0.4, 0.5) is 0 Å². The van der Waals surface area contributed by atoms with Crippen LogP contribution >= 0.6 is 0 Å². The number of piperazine rings is 1. The molecule has 1 saturated heterocycles. The molecular weight excluding hydrogens is 274 g/mol. The molecular formula is C17H29N5. The SMILES string of the molecule is CCN1CCN(Cc2ccc(CNC(=NC)NC)cc2)CC1. The van der Waals surface area contributed by atoms with Crippen LogP contribution in [0.2, 0.25) is 0 Å². The highest BCUT2D eigenvalue weighted by molar-refractivity contribution is 5.79. The normalized spacial score (nSPS) is 17.5. The number of rotatable bonds is 5. The average molecular weight is 303 g/mol. The summed E-state index contributed by atoms with van der Waals surface area (Å²) in [5.41, 5.74) is 2.67. The van der Waals surface area contributed by atoms with E-state index in [1.54, 1.807) is 7.05 Å². The van der Waals surface area contributed by atoms with Crippen LogP contribution in [0, 0.1) is 0 Å². The molecule has 5 heteroatoms. The Morgan fingerprint density at radius 2 is 1.64 bits per heavy atom. The van der Waals surface area contributed by atoms with Crippen molar-refractivity contribution < 1.29 is 0 Å². The molecule has 0 amide bonds. The van der Waals surface area contributed by atoms with Crippen molar-refractivity contribution in [3.63, 3.8) is 0 Å². The zero-order valence-corrected chi connectivity index (χ0v) is 14.1. The Balaban J connectivity index is 1.79. The van der Waals surface area contributed by atoms with Gasteiger partial charge in [-0.2, -0.15) is 0 Å². The molecule has 1 aliphatic rings. The maximum Gasteiger partial charge on any atom is 0.190 e. The fourth-order valence-corrected chi connectivity index (χ4v) is 2.75. The van der Waals surface area contributed by atoms with E-state index >= 15 is 0 Å². The standard InChI is InChI=1S/C17H29N5/c1-4-21-9-11-22(12-10-21)14-16-7-5-15(6-8-16)13-20-17(18-2)19-3/h5-8H,4,9-14H2,1-3H3,(H2,18,19,20). The molecule has 1 heterocycles. The van der Waals surface area contributed by atoms with E-state index in [-0.39, 0.29) is 0 Å². The van der Waals surface area contributed by atoms with Gasteiger partial charge in [-0.05, 0) is 17.7 Å². The van der Waals surface area contributed by atoms with Crippen LogP contribution in [-0.4, -0.2) is 62.6 Å². The zero-order chi connectivity index (χ0) is 15.8. The van der Waals surface area contributed by atoms with Crippen molar-refractivity contribution in [1.82, 2.24) is 20.4 Å². The molecule has 1 aromatic carbocycles. The third kappa shape index (κ3) is 5.00. The van der Waals surface area contributed by atoms with Gasteiger partial charge in [-0.3, -0.25) is 9.89 Å². The Bertz CT molecular complexity index is 460. The molecule has 0 spiro atoms. The number of guanidine groups is 1. The fourth-order valence-electron chi connectivity index (χ4n) is 2.75. The second-order valence-corrected chi connectivity index (χ2v) is 5.70. The largest absolute Gasteiger partial charge is 0.359 e. The average Bonchev–Trinajstić information content (AvgIpc) is 2.58. The minimum absolute atomic E-state index is 0.795. The first-order valence-electron chi connectivity index (χ1n) is 8.16. The molecule has 1 aliphatic heterocycles. The summed E-state index contributed by atoms with van der Waals surface area (Å²) in [5.74, 6) is 0.817. The number of hydrogen-bond acceptors (Lipinski definition) is 3. The van der Waals surface area contributed by atoms with Gasteiger partial charge in [0.05, 0.1) is 0 Å². The predicted molar refractivity (Wildman–Crippen MR) is 93.1 cm³/mol. The van der Waals surface area contributed by atoms with Gasteiger partial charge < -0.3 is 15.5 Å². The second-order valence-electron chi connectivity index (χ2n) is 5.70. The summed E-state index contributed by atoms with van der Waals surface area (Å²) < 4.78 is 0. The maximum absolute atomic E-state index is 4.11. The van der Waals surface area contributed by atoms with Gasteiger partial charge in [-0.15, -0.1) is 0 Å². The Labute approximate surface area is 134 Å². The van der Waals surface area contributed by atoms with Gasteiger partial charge >= 0.3 is 0 Å². The lowest BCUT2D eigenvalue weighted by molar-refractivity contribution is 0.132. The monoisotopic (exact) mass is 303 g/mol. The Morgan fingerprint density at radius 3 is 2.18 bits per heavy atom. The lowest BCUT2D eigenvalue weighted by Crippen LogP contribution is -2.45. The van der Waals surface area contributed by atoms with Crippen molar-refractivity contribution in [2.75, 3.05) is 46.8 Å². The molecule has 1 aromatic rings. The third-order valence-corrected chi connectivity index (χ3v) is 4.26. The molecule has 0 aliphatic carbocycles. The summed E-state index contributed by atoms with van der Waals surface area (Å²) in [5, 5.41) is 6.29. The lowest BCUT2D eigenvalue weighted by atomic mass is 10.1. The van der Waals surface area contributed by atoms with Crippen LogP contribution in [0.5, 0.6) is 0 Å². The Morgan fingerprint density at radius 1 is 1.05 bits per heavy atom. The molecule has 0 atom stereocenters. The first-order chi connectivity index (χ1) is 10.7. The fraction of sp³-hybridized carbons (Fsp3) is 0.588. The summed E-state index contributed by atoms with van der Waals surface area (Å²) >= 11 is 0. The number of aliphatic imine (C=N–C) groups is 1. The number of hydrogen-bond donors (Lipinski definition) is 2. The highest BCUT2D eigenvalue weighted by Gasteiger charge is 2.15. The first-order valence-corrected chi connectivity index (χ1v) is 8.16. The van der Waals surface area contributed by atoms with E-state index in [1.807, 2.05) is 7.05 Å². The molecule has 0 radical (unpaired) electrons. The van der Waals surface area contributed by atoms with Gasteiger partial charge in [0.15, 0.2) is 5.96 Å². The Hall–Kier alpha value is -1.59. The molecule has 122 valence electrons. The van der Waals surface area contributed by atoms with E-state index in [2.05, 4.69) is 56.6 Å². The van der Waals surface area contributed by atoms with Crippen LogP contribution < -0.4 is 10.6 Å². The van der Waals surface area contributed by atoms with Crippen molar-refractivity contribution in [3.05, 3.63) is 35.4 Å². The summed E-state index contributed by atoms with van der Waals surface area (Å²) in [4.78, 5) is 9.17. The minimum Gasteiger partial charge on any atom is -0.359 e. The molecule has 22 heavy (non-hydrogen) atoms. The van der Waals surface area contributed by atoms with Gasteiger partial charge in [-0.25, -0.2) is 0 Å². The topological polar surface area (TPSA) is 42.9 Å². The van der Waals surface area contributed by atoms with E-state index in [1.165, 1.54) is 43.9 Å². The minimum atomic E-state index is 0.795. The summed E-state index contributed by atoms with van der Waals surface area (Å²) in [6, 6.07) is 8.89. The lowest BCUT2D eigenvalue weighted by Gasteiger charge is -2.34. The van der Waals surface area contributed by atoms with Gasteiger partial charge in [0.25, 0.3) is 0 Å². The van der Waals surface area contributed by atoms with Gasteiger partial charge in [0.1, 0.15) is 0 Å². The molecule has 0 bridgehead atoms. The number of likely N-dealkylation sites (N-methyl/N-ethyl adjacent to an activating group) is 1. The van der Waals surface area contributed by atoms with Crippen LogP contribution in [0.15, 0.2) is 29.3 Å². The summed E-state index contributed by atoms with van der Waals surface area (Å²) in [7, 11) is 3.65. The van der Waals surface area contributed by atoms with Gasteiger partial charge in [0, 0.05) is 53.4 Å². The first kappa shape index (κ1) is 16.8. The van der Waals surface area contributed by atoms with Crippen LogP contribution in [-0.2, 0) is 13.1 Å². The second kappa shape index (κ2) is 8.76. The molecule has 0 aromatic heterocycles. The predicted octanol–water partition coefficient (Wildman–Crippen LogP) is 1.12. The molecule has 0 unspecified atom stereocenters. The number of nitrogens with one attached hydrogen (secondary N) is 2. The van der Waals surface area contributed by atoms with E-state index in [9.17, 15) is 0 Å². The third-order valence-electron chi connectivity index (χ3n) is 4.26. The highest BCUT2D eigenvalue weighted by Crippen LogP contribution is 2.10. The smallest absolute Gasteiger partial charge is 0.190 e. The molecule has 2 N–H and O–H groups in total. The van der Waals surface area contributed by atoms with E-state index in [0.29, 0.717) is 0 Å². The van der Waals surface area contributed by atoms with Crippen molar-refractivity contribution >= 4 is 5.96 Å². The summed E-state index contributed by atoms with van der Waals surface area (Å²) in [6.07, 6.45) is 0. The number of benzene rings is 1. The van der Waals surface area contributed by atoms with Crippen molar-refractivity contribution in [2.45, 2.75) is 20.0 Å². The van der Waals surface area contributed by atoms with E-state index < -0.39 is 0 Å². The summed E-state index contributed by atoms with van der Waals surface area (Å²) in [6.45, 7) is 10.0. The molecule has 2 rings (SSSR count). The van der Waals surface area contributed by atoms with Crippen LogP contribution in [0.25, 0.3) is 0 Å². The maximum atomic E-state index is 4.11. The molecule has 5 nitrogen and oxygen atoms in total. The van der Waals surface area contributed by atoms with E-state index in [4.69, 9.17) is 0 Å². The zero-order valence-electron chi connectivity index (χ0n) is 14.1. The van der Waals surface area contributed by atoms with Crippen LogP contribution in [0.1, 0.15) is 18.1 Å². The van der Waals surface area contributed by atoms with Crippen molar-refractivity contribution in [2.24, 2.45) is 4.99 Å². The Kier molecular flexibility index (Phi) is 6.68. The molecule has 0 saturated carbocycles.